The maximum atomic E-state index is 12.2. The van der Waals surface area contributed by atoms with Gasteiger partial charge in [0.2, 0.25) is 5.91 Å². The lowest BCUT2D eigenvalue weighted by molar-refractivity contribution is -0.116. The third kappa shape index (κ3) is 3.03. The molecule has 4 rings (SSSR count). The van der Waals surface area contributed by atoms with E-state index in [4.69, 9.17) is 4.74 Å². The number of benzene rings is 2. The van der Waals surface area contributed by atoms with Crippen molar-refractivity contribution >= 4 is 11.6 Å². The highest BCUT2D eigenvalue weighted by Crippen LogP contribution is 2.42. The van der Waals surface area contributed by atoms with Gasteiger partial charge in [-0.2, -0.15) is 5.10 Å². The molecule has 2 N–H and O–H groups in total. The Morgan fingerprint density at radius 3 is 2.78 bits per heavy atom. The molecule has 2 heterocycles. The van der Waals surface area contributed by atoms with Gasteiger partial charge in [0, 0.05) is 30.3 Å². The molecule has 6 heteroatoms. The minimum absolute atomic E-state index is 0.0546. The average molecular weight is 363 g/mol. The molecule has 2 aromatic carbocycles. The van der Waals surface area contributed by atoms with Gasteiger partial charge in [-0.15, -0.1) is 0 Å². The van der Waals surface area contributed by atoms with Crippen LogP contribution in [-0.4, -0.2) is 27.9 Å². The van der Waals surface area contributed by atoms with Crippen LogP contribution in [0.25, 0.3) is 5.69 Å². The molecule has 6 nitrogen and oxygen atoms in total. The Bertz CT molecular complexity index is 1040. The van der Waals surface area contributed by atoms with Crippen LogP contribution in [-0.2, 0) is 4.79 Å². The standard InChI is InChI=1S/C21H21N3O3/c1-12-4-5-15(6-13(12)2)24-11-14(10-22-24)16-8-21(26)23-18-9-20(27-3)19(25)7-17(16)18/h4-7,9-11,16,25H,8H2,1-3H3,(H,23,26). The summed E-state index contributed by atoms with van der Waals surface area (Å²) in [4.78, 5) is 12.2. The van der Waals surface area contributed by atoms with Gasteiger partial charge in [-0.1, -0.05) is 6.07 Å². The topological polar surface area (TPSA) is 76.4 Å². The molecule has 0 saturated carbocycles. The fraction of sp³-hybridized carbons (Fsp3) is 0.238. The molecule has 1 aliphatic rings. The lowest BCUT2D eigenvalue weighted by atomic mass is 9.86. The Labute approximate surface area is 157 Å². The molecular weight excluding hydrogens is 342 g/mol. The number of aryl methyl sites for hydroxylation is 2. The average Bonchev–Trinajstić information content (AvgIpc) is 3.13. The second-order valence-corrected chi connectivity index (χ2v) is 6.90. The summed E-state index contributed by atoms with van der Waals surface area (Å²) in [6.45, 7) is 4.15. The number of rotatable bonds is 3. The number of phenolic OH excluding ortho intramolecular Hbond substituents is 1. The Morgan fingerprint density at radius 2 is 2.04 bits per heavy atom. The van der Waals surface area contributed by atoms with Gasteiger partial charge in [0.25, 0.3) is 0 Å². The van der Waals surface area contributed by atoms with Crippen LogP contribution in [0.15, 0.2) is 42.7 Å². The van der Waals surface area contributed by atoms with Gasteiger partial charge < -0.3 is 15.2 Å². The summed E-state index contributed by atoms with van der Waals surface area (Å²) < 4.78 is 6.97. The number of aromatic nitrogens is 2. The Kier molecular flexibility index (Phi) is 4.11. The van der Waals surface area contributed by atoms with Gasteiger partial charge in [0.15, 0.2) is 11.5 Å². The van der Waals surface area contributed by atoms with Gasteiger partial charge in [-0.25, -0.2) is 4.68 Å². The largest absolute Gasteiger partial charge is 0.504 e. The zero-order valence-corrected chi connectivity index (χ0v) is 15.5. The molecule has 138 valence electrons. The number of phenols is 1. The van der Waals surface area contributed by atoms with Crippen molar-refractivity contribution in [3.63, 3.8) is 0 Å². The third-order valence-corrected chi connectivity index (χ3v) is 5.15. The molecular formula is C21H21N3O3. The Balaban J connectivity index is 1.74. The van der Waals surface area contributed by atoms with Gasteiger partial charge in [-0.3, -0.25) is 4.79 Å². The predicted octanol–water partition coefficient (Wildman–Crippen LogP) is 3.68. The van der Waals surface area contributed by atoms with Crippen LogP contribution in [0.5, 0.6) is 11.5 Å². The number of hydrogen-bond donors (Lipinski definition) is 2. The predicted molar refractivity (Wildman–Crippen MR) is 103 cm³/mol. The quantitative estimate of drug-likeness (QED) is 0.696. The maximum absolute atomic E-state index is 12.2. The van der Waals surface area contributed by atoms with Crippen molar-refractivity contribution < 1.29 is 14.6 Å². The zero-order valence-electron chi connectivity index (χ0n) is 15.5. The summed E-state index contributed by atoms with van der Waals surface area (Å²) in [5, 5.41) is 17.5. The van der Waals surface area contributed by atoms with Crippen molar-refractivity contribution in [2.45, 2.75) is 26.2 Å². The van der Waals surface area contributed by atoms with Gasteiger partial charge in [0.1, 0.15) is 0 Å². The number of fused-ring (bicyclic) bond motifs is 1. The molecule has 0 bridgehead atoms. The number of carbonyl (C=O) groups is 1. The highest BCUT2D eigenvalue weighted by Gasteiger charge is 2.29. The maximum Gasteiger partial charge on any atom is 0.225 e. The fourth-order valence-electron chi connectivity index (χ4n) is 3.46. The van der Waals surface area contributed by atoms with Gasteiger partial charge in [-0.05, 0) is 54.3 Å². The molecule has 0 fully saturated rings. The third-order valence-electron chi connectivity index (χ3n) is 5.15. The van der Waals surface area contributed by atoms with E-state index in [2.05, 4.69) is 36.4 Å². The van der Waals surface area contributed by atoms with Crippen LogP contribution in [0.3, 0.4) is 0 Å². The number of anilines is 1. The van der Waals surface area contributed by atoms with Crippen LogP contribution in [0, 0.1) is 13.8 Å². The second kappa shape index (κ2) is 6.46. The van der Waals surface area contributed by atoms with Crippen LogP contribution in [0.1, 0.15) is 34.6 Å². The van der Waals surface area contributed by atoms with E-state index in [0.717, 1.165) is 16.8 Å². The zero-order chi connectivity index (χ0) is 19.1. The summed E-state index contributed by atoms with van der Waals surface area (Å²) in [5.74, 6) is 0.143. The molecule has 0 radical (unpaired) electrons. The summed E-state index contributed by atoms with van der Waals surface area (Å²) >= 11 is 0. The summed E-state index contributed by atoms with van der Waals surface area (Å²) in [5.41, 5.74) is 5.84. The molecule has 3 aromatic rings. The molecule has 0 saturated heterocycles. The van der Waals surface area contributed by atoms with E-state index < -0.39 is 0 Å². The Morgan fingerprint density at radius 1 is 1.22 bits per heavy atom. The van der Waals surface area contributed by atoms with Crippen molar-refractivity contribution in [1.82, 2.24) is 9.78 Å². The lowest BCUT2D eigenvalue weighted by Crippen LogP contribution is -2.23. The van der Waals surface area contributed by atoms with Crippen molar-refractivity contribution in [3.8, 4) is 17.2 Å². The van der Waals surface area contributed by atoms with Crippen molar-refractivity contribution in [2.75, 3.05) is 12.4 Å². The first-order chi connectivity index (χ1) is 13.0. The highest BCUT2D eigenvalue weighted by molar-refractivity contribution is 5.96. The first kappa shape index (κ1) is 17.1. The van der Waals surface area contributed by atoms with Crippen LogP contribution >= 0.6 is 0 Å². The molecule has 1 atom stereocenters. The smallest absolute Gasteiger partial charge is 0.225 e. The minimum atomic E-state index is -0.175. The first-order valence-electron chi connectivity index (χ1n) is 8.79. The van der Waals surface area contributed by atoms with E-state index in [1.54, 1.807) is 18.3 Å². The molecule has 1 unspecified atom stereocenters. The monoisotopic (exact) mass is 363 g/mol. The molecule has 1 aromatic heterocycles. The van der Waals surface area contributed by atoms with Gasteiger partial charge >= 0.3 is 0 Å². The van der Waals surface area contributed by atoms with E-state index in [-0.39, 0.29) is 17.6 Å². The van der Waals surface area contributed by atoms with E-state index in [9.17, 15) is 9.90 Å². The number of ether oxygens (including phenoxy) is 1. The minimum Gasteiger partial charge on any atom is -0.504 e. The molecule has 1 amide bonds. The summed E-state index contributed by atoms with van der Waals surface area (Å²) in [7, 11) is 1.48. The van der Waals surface area contributed by atoms with Crippen molar-refractivity contribution in [3.05, 3.63) is 65.0 Å². The van der Waals surface area contributed by atoms with E-state index in [0.29, 0.717) is 17.9 Å². The van der Waals surface area contributed by atoms with Gasteiger partial charge in [0.05, 0.1) is 19.0 Å². The normalized spacial score (nSPS) is 16.0. The van der Waals surface area contributed by atoms with Crippen molar-refractivity contribution in [1.29, 1.82) is 0 Å². The van der Waals surface area contributed by atoms with E-state index in [1.807, 2.05) is 16.9 Å². The van der Waals surface area contributed by atoms with E-state index >= 15 is 0 Å². The van der Waals surface area contributed by atoms with Crippen LogP contribution in [0.4, 0.5) is 5.69 Å². The number of nitrogens with one attached hydrogen (secondary N) is 1. The molecule has 27 heavy (non-hydrogen) atoms. The highest BCUT2D eigenvalue weighted by atomic mass is 16.5. The van der Waals surface area contributed by atoms with Crippen LogP contribution in [0.2, 0.25) is 0 Å². The van der Waals surface area contributed by atoms with Crippen molar-refractivity contribution in [2.24, 2.45) is 0 Å². The Hall–Kier alpha value is -3.28. The van der Waals surface area contributed by atoms with E-state index in [1.165, 1.54) is 18.2 Å². The number of carbonyl (C=O) groups excluding carboxylic acids is 1. The summed E-state index contributed by atoms with van der Waals surface area (Å²) in [6.07, 6.45) is 4.03. The lowest BCUT2D eigenvalue weighted by Gasteiger charge is -2.25. The molecule has 0 spiro atoms. The number of methoxy groups -OCH3 is 1. The molecule has 1 aliphatic heterocycles. The first-order valence-corrected chi connectivity index (χ1v) is 8.79. The fourth-order valence-corrected chi connectivity index (χ4v) is 3.46. The molecule has 0 aliphatic carbocycles. The number of hydrogen-bond acceptors (Lipinski definition) is 4. The summed E-state index contributed by atoms with van der Waals surface area (Å²) in [6, 6.07) is 9.50. The second-order valence-electron chi connectivity index (χ2n) is 6.90. The van der Waals surface area contributed by atoms with Crippen LogP contribution < -0.4 is 10.1 Å². The number of nitrogens with zero attached hydrogens (tertiary/aromatic N) is 2. The SMILES string of the molecule is COc1cc2c(cc1O)C(c1cnn(-c3ccc(C)c(C)c3)c1)CC(=O)N2. The number of aromatic hydroxyl groups is 1. The number of amides is 1.